The van der Waals surface area contributed by atoms with Gasteiger partial charge >= 0.3 is 6.03 Å². The molecular formula is C15H19F2N7O3S. The van der Waals surface area contributed by atoms with Crippen LogP contribution in [-0.4, -0.2) is 37.2 Å². The number of hydrazine groups is 1. The van der Waals surface area contributed by atoms with Crippen LogP contribution in [0.4, 0.5) is 36.6 Å². The summed E-state index contributed by atoms with van der Waals surface area (Å²) in [6.45, 7) is 1.64. The van der Waals surface area contributed by atoms with Gasteiger partial charge in [0.15, 0.2) is 5.82 Å². The molecule has 2 aromatic rings. The SMILES string of the molecule is CCCS(=O)(=O)Nc1ccc(F)c(NC(=O)N(C)c2cc(NN)ncn2)c1F. The third-order valence-electron chi connectivity index (χ3n) is 3.51. The van der Waals surface area contributed by atoms with Gasteiger partial charge in [-0.1, -0.05) is 6.92 Å². The van der Waals surface area contributed by atoms with Crippen molar-refractivity contribution >= 4 is 39.1 Å². The molecule has 0 aliphatic rings. The zero-order chi connectivity index (χ0) is 20.9. The molecule has 0 unspecified atom stereocenters. The highest BCUT2D eigenvalue weighted by Crippen LogP contribution is 2.27. The largest absolute Gasteiger partial charge is 0.327 e. The van der Waals surface area contributed by atoms with E-state index in [1.54, 1.807) is 6.92 Å². The highest BCUT2D eigenvalue weighted by Gasteiger charge is 2.21. The molecule has 28 heavy (non-hydrogen) atoms. The first-order chi connectivity index (χ1) is 13.2. The monoisotopic (exact) mass is 415 g/mol. The Morgan fingerprint density at radius 2 is 2.00 bits per heavy atom. The van der Waals surface area contributed by atoms with Gasteiger partial charge < -0.3 is 10.7 Å². The number of nitrogens with zero attached hydrogens (tertiary/aromatic N) is 3. The number of urea groups is 1. The molecule has 2 rings (SSSR count). The van der Waals surface area contributed by atoms with E-state index < -0.39 is 39.1 Å². The maximum atomic E-state index is 14.6. The van der Waals surface area contributed by atoms with Crippen molar-refractivity contribution in [2.24, 2.45) is 5.84 Å². The average molecular weight is 415 g/mol. The fourth-order valence-electron chi connectivity index (χ4n) is 2.14. The molecule has 1 heterocycles. The maximum Gasteiger partial charge on any atom is 0.327 e. The van der Waals surface area contributed by atoms with E-state index in [-0.39, 0.29) is 17.4 Å². The topological polar surface area (TPSA) is 142 Å². The molecule has 0 fully saturated rings. The van der Waals surface area contributed by atoms with Crippen molar-refractivity contribution in [3.05, 3.63) is 36.2 Å². The quantitative estimate of drug-likeness (QED) is 0.399. The van der Waals surface area contributed by atoms with Crippen LogP contribution in [0, 0.1) is 11.6 Å². The molecule has 13 heteroatoms. The Hall–Kier alpha value is -3.06. The molecule has 0 atom stereocenters. The van der Waals surface area contributed by atoms with Crippen molar-refractivity contribution < 1.29 is 22.0 Å². The molecule has 0 spiro atoms. The van der Waals surface area contributed by atoms with Crippen LogP contribution in [0.15, 0.2) is 24.5 Å². The second-order valence-corrected chi connectivity index (χ2v) is 7.44. The number of rotatable bonds is 7. The average Bonchev–Trinajstić information content (AvgIpc) is 2.66. The Balaban J connectivity index is 2.27. The van der Waals surface area contributed by atoms with Crippen molar-refractivity contribution in [1.82, 2.24) is 9.97 Å². The lowest BCUT2D eigenvalue weighted by molar-refractivity contribution is 0.257. The summed E-state index contributed by atoms with van der Waals surface area (Å²) >= 11 is 0. The van der Waals surface area contributed by atoms with Crippen LogP contribution in [0.5, 0.6) is 0 Å². The van der Waals surface area contributed by atoms with Gasteiger partial charge in [0.05, 0.1) is 11.4 Å². The van der Waals surface area contributed by atoms with Crippen molar-refractivity contribution in [1.29, 1.82) is 0 Å². The number of halogens is 2. The molecule has 0 aliphatic heterocycles. The van der Waals surface area contributed by atoms with Gasteiger partial charge in [0.1, 0.15) is 29.5 Å². The lowest BCUT2D eigenvalue weighted by atomic mass is 10.2. The molecule has 0 bridgehead atoms. The van der Waals surface area contributed by atoms with Gasteiger partial charge in [-0.05, 0) is 18.6 Å². The van der Waals surface area contributed by atoms with E-state index in [0.717, 1.165) is 23.4 Å². The number of anilines is 4. The maximum absolute atomic E-state index is 14.6. The molecule has 1 aromatic carbocycles. The fourth-order valence-corrected chi connectivity index (χ4v) is 3.27. The zero-order valence-electron chi connectivity index (χ0n) is 15.0. The number of nitrogens with one attached hydrogen (secondary N) is 3. The minimum Gasteiger partial charge on any atom is -0.308 e. The van der Waals surface area contributed by atoms with Crippen LogP contribution in [0.1, 0.15) is 13.3 Å². The van der Waals surface area contributed by atoms with Crippen LogP contribution in [0.25, 0.3) is 0 Å². The van der Waals surface area contributed by atoms with Crippen molar-refractivity contribution in [3.8, 4) is 0 Å². The molecule has 0 radical (unpaired) electrons. The van der Waals surface area contributed by atoms with Gasteiger partial charge in [0.2, 0.25) is 10.0 Å². The summed E-state index contributed by atoms with van der Waals surface area (Å²) in [6, 6.07) is 2.18. The number of benzene rings is 1. The third kappa shape index (κ3) is 5.01. The molecule has 5 N–H and O–H groups in total. The Morgan fingerprint density at radius 1 is 1.29 bits per heavy atom. The summed E-state index contributed by atoms with van der Waals surface area (Å²) in [7, 11) is -2.50. The molecular weight excluding hydrogens is 396 g/mol. The van der Waals surface area contributed by atoms with Crippen molar-refractivity contribution in [2.45, 2.75) is 13.3 Å². The highest BCUT2D eigenvalue weighted by atomic mass is 32.2. The highest BCUT2D eigenvalue weighted by molar-refractivity contribution is 7.92. The predicted molar refractivity (Wildman–Crippen MR) is 101 cm³/mol. The van der Waals surface area contributed by atoms with Gasteiger partial charge in [0.25, 0.3) is 0 Å². The summed E-state index contributed by atoms with van der Waals surface area (Å²) < 4.78 is 54.3. The number of aromatic nitrogens is 2. The number of carbonyl (C=O) groups is 1. The molecule has 1 aromatic heterocycles. The van der Waals surface area contributed by atoms with Gasteiger partial charge in [-0.15, -0.1) is 0 Å². The predicted octanol–water partition coefficient (Wildman–Crippen LogP) is 1.86. The Bertz CT molecular complexity index is 972. The molecule has 0 saturated heterocycles. The van der Waals surface area contributed by atoms with E-state index >= 15 is 0 Å². The summed E-state index contributed by atoms with van der Waals surface area (Å²) in [6.07, 6.45) is 1.45. The van der Waals surface area contributed by atoms with Gasteiger partial charge in [-0.25, -0.2) is 37.8 Å². The molecule has 0 saturated carbocycles. The normalized spacial score (nSPS) is 11.0. The fraction of sp³-hybridized carbons (Fsp3) is 0.267. The second-order valence-electron chi connectivity index (χ2n) is 5.60. The van der Waals surface area contributed by atoms with Gasteiger partial charge in [-0.3, -0.25) is 9.62 Å². The molecule has 2 amide bonds. The van der Waals surface area contributed by atoms with Crippen molar-refractivity contribution in [3.63, 3.8) is 0 Å². The summed E-state index contributed by atoms with van der Waals surface area (Å²) in [4.78, 5) is 21.0. The van der Waals surface area contributed by atoms with Crippen LogP contribution in [-0.2, 0) is 10.0 Å². The van der Waals surface area contributed by atoms with Gasteiger partial charge in [0, 0.05) is 13.1 Å². The summed E-state index contributed by atoms with van der Waals surface area (Å²) in [5.41, 5.74) is 0.986. The number of hydrogen-bond acceptors (Lipinski definition) is 7. The van der Waals surface area contributed by atoms with Crippen LogP contribution in [0.2, 0.25) is 0 Å². The van der Waals surface area contributed by atoms with Crippen LogP contribution in [0.3, 0.4) is 0 Å². The van der Waals surface area contributed by atoms with E-state index in [0.29, 0.717) is 6.42 Å². The minimum atomic E-state index is -3.80. The Morgan fingerprint density at radius 3 is 2.64 bits per heavy atom. The van der Waals surface area contributed by atoms with E-state index in [2.05, 4.69) is 20.7 Å². The zero-order valence-corrected chi connectivity index (χ0v) is 15.8. The number of nitrogens with two attached hydrogens (primary N) is 1. The molecule has 10 nitrogen and oxygen atoms in total. The smallest absolute Gasteiger partial charge is 0.308 e. The lowest BCUT2D eigenvalue weighted by Gasteiger charge is -2.18. The number of carbonyl (C=O) groups excluding carboxylic acids is 1. The van der Waals surface area contributed by atoms with Crippen LogP contribution < -0.4 is 26.2 Å². The Kier molecular flexibility index (Phi) is 6.64. The molecule has 0 aliphatic carbocycles. The van der Waals surface area contributed by atoms with Crippen LogP contribution >= 0.6 is 0 Å². The summed E-state index contributed by atoms with van der Waals surface area (Å²) in [5, 5.41) is 2.06. The van der Waals surface area contributed by atoms with Crippen molar-refractivity contribution in [2.75, 3.05) is 33.2 Å². The third-order valence-corrected chi connectivity index (χ3v) is 4.99. The second kappa shape index (κ2) is 8.75. The first-order valence-corrected chi connectivity index (χ1v) is 9.65. The summed E-state index contributed by atoms with van der Waals surface area (Å²) in [5.74, 6) is 2.98. The van der Waals surface area contributed by atoms with E-state index in [1.807, 2.05) is 4.72 Å². The van der Waals surface area contributed by atoms with Gasteiger partial charge in [-0.2, -0.15) is 0 Å². The van der Waals surface area contributed by atoms with E-state index in [4.69, 9.17) is 5.84 Å². The standard InChI is InChI=1S/C15H19F2N7O3S/c1-3-6-28(26,27)23-10-5-4-9(16)14(13(10)17)21-15(25)24(2)12-7-11(22-18)19-8-20-12/h4-5,7-8,23H,3,6,18H2,1-2H3,(H,21,25)(H,19,20,22). The van der Waals surface area contributed by atoms with E-state index in [9.17, 15) is 22.0 Å². The number of hydrogen-bond donors (Lipinski definition) is 4. The number of sulfonamides is 1. The lowest BCUT2D eigenvalue weighted by Crippen LogP contribution is -2.32. The van der Waals surface area contributed by atoms with E-state index in [1.165, 1.54) is 13.1 Å². The molecule has 152 valence electrons. The number of nitrogen functional groups attached to an aromatic ring is 1. The number of amides is 2. The first kappa shape index (κ1) is 21.2. The first-order valence-electron chi connectivity index (χ1n) is 8.00. The minimum absolute atomic E-state index is 0.0982. The Labute approximate surface area is 160 Å².